The number of benzene rings is 1. The zero-order valence-electron chi connectivity index (χ0n) is 14.6. The molecule has 1 saturated heterocycles. The van der Waals surface area contributed by atoms with Crippen molar-refractivity contribution in [3.8, 4) is 6.07 Å². The van der Waals surface area contributed by atoms with Gasteiger partial charge in [-0.1, -0.05) is 11.6 Å². The monoisotopic (exact) mass is 379 g/mol. The van der Waals surface area contributed by atoms with Crippen molar-refractivity contribution in [2.45, 2.75) is 19.3 Å². The van der Waals surface area contributed by atoms with E-state index in [1.54, 1.807) is 18.3 Å². The first kappa shape index (κ1) is 17.4. The van der Waals surface area contributed by atoms with E-state index in [-0.39, 0.29) is 10.7 Å². The molecule has 0 unspecified atom stereocenters. The maximum Gasteiger partial charge on any atom is 0.250 e. The molecule has 0 radical (unpaired) electrons. The van der Waals surface area contributed by atoms with Crippen molar-refractivity contribution in [3.63, 3.8) is 0 Å². The van der Waals surface area contributed by atoms with Crippen LogP contribution in [-0.2, 0) is 0 Å². The molecule has 2 aromatic heterocycles. The van der Waals surface area contributed by atoms with E-state index in [0.717, 1.165) is 48.2 Å². The average Bonchev–Trinajstić information content (AvgIpc) is 2.68. The van der Waals surface area contributed by atoms with Crippen molar-refractivity contribution in [2.24, 2.45) is 0 Å². The molecule has 1 aromatic carbocycles. The molecule has 1 aliphatic rings. The van der Waals surface area contributed by atoms with E-state index in [1.807, 2.05) is 18.2 Å². The molecule has 27 heavy (non-hydrogen) atoms. The predicted molar refractivity (Wildman–Crippen MR) is 108 cm³/mol. The number of anilines is 3. The molecular formula is C20H18ClN5O. The maximum absolute atomic E-state index is 12.1. The lowest BCUT2D eigenvalue weighted by Gasteiger charge is -2.29. The number of halogens is 1. The van der Waals surface area contributed by atoms with E-state index in [9.17, 15) is 10.1 Å². The van der Waals surface area contributed by atoms with E-state index in [0.29, 0.717) is 11.3 Å². The Balaban J connectivity index is 1.78. The number of fused-ring (bicyclic) bond motifs is 1. The highest BCUT2D eigenvalue weighted by atomic mass is 35.5. The molecule has 3 aromatic rings. The summed E-state index contributed by atoms with van der Waals surface area (Å²) in [6.07, 6.45) is 5.05. The number of aromatic nitrogens is 2. The van der Waals surface area contributed by atoms with E-state index in [2.05, 4.69) is 26.3 Å². The summed E-state index contributed by atoms with van der Waals surface area (Å²) >= 11 is 6.01. The van der Waals surface area contributed by atoms with E-state index < -0.39 is 0 Å². The lowest BCUT2D eigenvalue weighted by molar-refractivity contribution is 0.579. The van der Waals surface area contributed by atoms with Gasteiger partial charge < -0.3 is 15.2 Å². The minimum Gasteiger partial charge on any atom is -0.371 e. The molecule has 7 heteroatoms. The number of hydrogen-bond donors (Lipinski definition) is 2. The van der Waals surface area contributed by atoms with Crippen LogP contribution >= 0.6 is 11.6 Å². The Labute approximate surface area is 161 Å². The number of H-pyrrole nitrogens is 1. The Hall–Kier alpha value is -3.04. The quantitative estimate of drug-likeness (QED) is 0.667. The molecule has 1 fully saturated rings. The molecule has 0 aliphatic carbocycles. The highest BCUT2D eigenvalue weighted by Gasteiger charge is 2.15. The molecule has 2 N–H and O–H groups in total. The Morgan fingerprint density at radius 1 is 1.19 bits per heavy atom. The summed E-state index contributed by atoms with van der Waals surface area (Å²) in [6.45, 7) is 1.91. The second kappa shape index (κ2) is 7.29. The molecule has 3 heterocycles. The first-order chi connectivity index (χ1) is 13.2. The fourth-order valence-electron chi connectivity index (χ4n) is 3.51. The number of nitriles is 1. The largest absolute Gasteiger partial charge is 0.371 e. The van der Waals surface area contributed by atoms with Crippen molar-refractivity contribution >= 4 is 39.6 Å². The number of pyridine rings is 2. The molecule has 4 rings (SSSR count). The number of nitrogens with zero attached hydrogens (tertiary/aromatic N) is 3. The van der Waals surface area contributed by atoms with Gasteiger partial charge >= 0.3 is 0 Å². The van der Waals surface area contributed by atoms with Gasteiger partial charge in [-0.3, -0.25) is 4.79 Å². The highest BCUT2D eigenvalue weighted by Crippen LogP contribution is 2.31. The third-order valence-corrected chi connectivity index (χ3v) is 5.10. The molecule has 0 saturated carbocycles. The van der Waals surface area contributed by atoms with Crippen LogP contribution in [0.2, 0.25) is 5.15 Å². The summed E-state index contributed by atoms with van der Waals surface area (Å²) in [5, 5.41) is 13.7. The van der Waals surface area contributed by atoms with Crippen LogP contribution in [0.3, 0.4) is 0 Å². The number of piperidine rings is 1. The van der Waals surface area contributed by atoms with Gasteiger partial charge in [0.2, 0.25) is 5.56 Å². The molecule has 0 spiro atoms. The second-order valence-electron chi connectivity index (χ2n) is 6.59. The topological polar surface area (TPSA) is 84.8 Å². The number of aromatic amines is 1. The fraction of sp³-hybridized carbons (Fsp3) is 0.250. The minimum absolute atomic E-state index is 0.100. The Kier molecular flexibility index (Phi) is 4.69. The standard InChI is InChI=1S/C20H18ClN5O/c21-20-15(12-22)17(6-7-23-20)24-13-4-5-16-14(10-13)18(11-19(27)25-16)26-8-2-1-3-9-26/h4-7,10-11H,1-3,8-9H2,(H,23,24)(H,25,27). The molecule has 0 bridgehead atoms. The van der Waals surface area contributed by atoms with Crippen molar-refractivity contribution < 1.29 is 0 Å². The van der Waals surface area contributed by atoms with Gasteiger partial charge in [0.15, 0.2) is 0 Å². The van der Waals surface area contributed by atoms with Crippen LogP contribution in [0.1, 0.15) is 24.8 Å². The minimum atomic E-state index is -0.100. The molecule has 0 atom stereocenters. The van der Waals surface area contributed by atoms with Gasteiger partial charge in [0.25, 0.3) is 0 Å². The number of hydrogen-bond acceptors (Lipinski definition) is 5. The molecule has 0 amide bonds. The van der Waals surface area contributed by atoms with Crippen molar-refractivity contribution in [2.75, 3.05) is 23.3 Å². The zero-order chi connectivity index (χ0) is 18.8. The summed E-state index contributed by atoms with van der Waals surface area (Å²) in [4.78, 5) is 21.2. The number of rotatable bonds is 3. The van der Waals surface area contributed by atoms with Gasteiger partial charge in [-0.2, -0.15) is 5.26 Å². The maximum atomic E-state index is 12.1. The van der Waals surface area contributed by atoms with Gasteiger partial charge in [-0.25, -0.2) is 4.98 Å². The smallest absolute Gasteiger partial charge is 0.250 e. The third kappa shape index (κ3) is 3.46. The summed E-state index contributed by atoms with van der Waals surface area (Å²) in [5.41, 5.74) is 3.35. The van der Waals surface area contributed by atoms with Crippen LogP contribution in [0.5, 0.6) is 0 Å². The summed E-state index contributed by atoms with van der Waals surface area (Å²) < 4.78 is 0. The van der Waals surface area contributed by atoms with Crippen LogP contribution in [-0.4, -0.2) is 23.1 Å². The van der Waals surface area contributed by atoms with Crippen molar-refractivity contribution in [3.05, 3.63) is 57.6 Å². The van der Waals surface area contributed by atoms with Crippen LogP contribution < -0.4 is 15.8 Å². The number of nitrogens with one attached hydrogen (secondary N) is 2. The van der Waals surface area contributed by atoms with Gasteiger partial charge in [0, 0.05) is 36.4 Å². The lowest BCUT2D eigenvalue weighted by Crippen LogP contribution is -2.30. The molecular weight excluding hydrogens is 362 g/mol. The van der Waals surface area contributed by atoms with Gasteiger partial charge in [-0.05, 0) is 43.5 Å². The van der Waals surface area contributed by atoms with Crippen LogP contribution in [0.25, 0.3) is 10.9 Å². The second-order valence-corrected chi connectivity index (χ2v) is 6.95. The Morgan fingerprint density at radius 2 is 2.00 bits per heavy atom. The van der Waals surface area contributed by atoms with Gasteiger partial charge in [0.05, 0.1) is 16.9 Å². The molecule has 136 valence electrons. The third-order valence-electron chi connectivity index (χ3n) is 4.81. The van der Waals surface area contributed by atoms with E-state index >= 15 is 0 Å². The zero-order valence-corrected chi connectivity index (χ0v) is 15.4. The van der Waals surface area contributed by atoms with E-state index in [1.165, 1.54) is 6.42 Å². The first-order valence-corrected chi connectivity index (χ1v) is 9.27. The first-order valence-electron chi connectivity index (χ1n) is 8.89. The fourth-order valence-corrected chi connectivity index (χ4v) is 3.71. The SMILES string of the molecule is N#Cc1c(Nc2ccc3[nH]c(=O)cc(N4CCCCC4)c3c2)ccnc1Cl. The summed E-state index contributed by atoms with van der Waals surface area (Å²) in [7, 11) is 0. The molecule has 6 nitrogen and oxygen atoms in total. The van der Waals surface area contributed by atoms with E-state index in [4.69, 9.17) is 11.6 Å². The Bertz CT molecular complexity index is 1100. The van der Waals surface area contributed by atoms with Crippen LogP contribution in [0.4, 0.5) is 17.1 Å². The predicted octanol–water partition coefficient (Wildman–Crippen LogP) is 4.18. The van der Waals surface area contributed by atoms with Gasteiger partial charge in [0.1, 0.15) is 16.8 Å². The summed E-state index contributed by atoms with van der Waals surface area (Å²) in [6, 6.07) is 11.2. The Morgan fingerprint density at radius 3 is 2.78 bits per heavy atom. The normalized spacial score (nSPS) is 14.1. The molecule has 1 aliphatic heterocycles. The summed E-state index contributed by atoms with van der Waals surface area (Å²) in [5.74, 6) is 0. The van der Waals surface area contributed by atoms with Crippen molar-refractivity contribution in [1.82, 2.24) is 9.97 Å². The highest BCUT2D eigenvalue weighted by molar-refractivity contribution is 6.31. The average molecular weight is 380 g/mol. The van der Waals surface area contributed by atoms with Crippen molar-refractivity contribution in [1.29, 1.82) is 5.26 Å². The lowest BCUT2D eigenvalue weighted by atomic mass is 10.1. The van der Waals surface area contributed by atoms with Crippen LogP contribution in [0, 0.1) is 11.3 Å². The van der Waals surface area contributed by atoms with Crippen LogP contribution in [0.15, 0.2) is 41.3 Å². The van der Waals surface area contributed by atoms with Gasteiger partial charge in [-0.15, -0.1) is 0 Å².